The Morgan fingerprint density at radius 1 is 1.26 bits per heavy atom. The molecule has 3 aromatic rings. The SMILES string of the molecule is CN(C(=O)c1cc(-c2ccco2)on1)C1CCN(c2ccccc2Cl)C1=O. The minimum absolute atomic E-state index is 0.118. The van der Waals surface area contributed by atoms with Gasteiger partial charge in [-0.2, -0.15) is 0 Å². The number of likely N-dealkylation sites (N-methyl/N-ethyl adjacent to an activating group) is 1. The van der Waals surface area contributed by atoms with Crippen LogP contribution in [0.4, 0.5) is 5.69 Å². The smallest absolute Gasteiger partial charge is 0.276 e. The molecule has 138 valence electrons. The van der Waals surface area contributed by atoms with E-state index < -0.39 is 11.9 Å². The number of hydrogen-bond donors (Lipinski definition) is 0. The van der Waals surface area contributed by atoms with Crippen molar-refractivity contribution in [3.63, 3.8) is 0 Å². The maximum atomic E-state index is 12.8. The lowest BCUT2D eigenvalue weighted by Gasteiger charge is -2.23. The molecule has 1 aromatic carbocycles. The van der Waals surface area contributed by atoms with Gasteiger partial charge in [0.05, 0.1) is 17.0 Å². The number of carbonyl (C=O) groups is 2. The summed E-state index contributed by atoms with van der Waals surface area (Å²) in [5.41, 5.74) is 0.766. The van der Waals surface area contributed by atoms with Crippen molar-refractivity contribution in [3.05, 3.63) is 59.4 Å². The fourth-order valence-corrected chi connectivity index (χ4v) is 3.40. The molecule has 1 fully saturated rings. The molecule has 2 amide bonds. The molecule has 0 N–H and O–H groups in total. The number of furan rings is 1. The Labute approximate surface area is 160 Å². The van der Waals surface area contributed by atoms with E-state index in [0.29, 0.717) is 35.2 Å². The summed E-state index contributed by atoms with van der Waals surface area (Å²) in [4.78, 5) is 28.6. The van der Waals surface area contributed by atoms with Gasteiger partial charge in [0.15, 0.2) is 11.5 Å². The van der Waals surface area contributed by atoms with Gasteiger partial charge in [-0.3, -0.25) is 9.59 Å². The molecular formula is C19H16ClN3O4. The molecule has 3 heterocycles. The van der Waals surface area contributed by atoms with Crippen molar-refractivity contribution < 1.29 is 18.5 Å². The maximum Gasteiger partial charge on any atom is 0.276 e. The quantitative estimate of drug-likeness (QED) is 0.687. The lowest BCUT2D eigenvalue weighted by molar-refractivity contribution is -0.120. The van der Waals surface area contributed by atoms with Crippen LogP contribution < -0.4 is 4.90 Å². The van der Waals surface area contributed by atoms with Crippen LogP contribution in [-0.4, -0.2) is 41.5 Å². The molecule has 0 spiro atoms. The molecule has 1 unspecified atom stereocenters. The van der Waals surface area contributed by atoms with E-state index in [0.717, 1.165) is 0 Å². The van der Waals surface area contributed by atoms with Gasteiger partial charge in [-0.05, 0) is 30.7 Å². The third-order valence-electron chi connectivity index (χ3n) is 4.60. The first-order valence-electron chi connectivity index (χ1n) is 8.40. The number of aromatic nitrogens is 1. The average Bonchev–Trinajstić information content (AvgIpc) is 3.41. The van der Waals surface area contributed by atoms with Crippen molar-refractivity contribution in [1.29, 1.82) is 0 Å². The first kappa shape index (κ1) is 17.4. The van der Waals surface area contributed by atoms with E-state index in [9.17, 15) is 9.59 Å². The van der Waals surface area contributed by atoms with Crippen LogP contribution in [0.25, 0.3) is 11.5 Å². The van der Waals surface area contributed by atoms with Gasteiger partial charge in [0.25, 0.3) is 5.91 Å². The lowest BCUT2D eigenvalue weighted by atomic mass is 10.2. The number of amides is 2. The van der Waals surface area contributed by atoms with E-state index in [2.05, 4.69) is 5.16 Å². The summed E-state index contributed by atoms with van der Waals surface area (Å²) in [6.45, 7) is 0.487. The van der Waals surface area contributed by atoms with Gasteiger partial charge in [-0.1, -0.05) is 28.9 Å². The summed E-state index contributed by atoms with van der Waals surface area (Å²) in [6.07, 6.45) is 2.02. The Balaban J connectivity index is 1.51. The fourth-order valence-electron chi connectivity index (χ4n) is 3.17. The van der Waals surface area contributed by atoms with Gasteiger partial charge < -0.3 is 18.7 Å². The molecule has 7 nitrogen and oxygen atoms in total. The van der Waals surface area contributed by atoms with Gasteiger partial charge in [-0.25, -0.2) is 0 Å². The van der Waals surface area contributed by atoms with Gasteiger partial charge in [-0.15, -0.1) is 0 Å². The molecule has 1 aliphatic heterocycles. The highest BCUT2D eigenvalue weighted by Gasteiger charge is 2.38. The van der Waals surface area contributed by atoms with Crippen LogP contribution >= 0.6 is 11.6 Å². The van der Waals surface area contributed by atoms with Crippen LogP contribution in [0.5, 0.6) is 0 Å². The Bertz CT molecular complexity index is 983. The standard InChI is InChI=1S/C19H16ClN3O4/c1-22(18(24)13-11-17(27-21-13)16-7-4-10-26-16)15-8-9-23(19(15)25)14-6-3-2-5-12(14)20/h2-7,10-11,15H,8-9H2,1H3. The second kappa shape index (κ2) is 6.92. The third kappa shape index (κ3) is 3.10. The largest absolute Gasteiger partial charge is 0.461 e. The van der Waals surface area contributed by atoms with Crippen molar-refractivity contribution in [1.82, 2.24) is 10.1 Å². The Morgan fingerprint density at radius 2 is 2.07 bits per heavy atom. The lowest BCUT2D eigenvalue weighted by Crippen LogP contribution is -2.43. The van der Waals surface area contributed by atoms with Gasteiger partial charge in [0, 0.05) is 19.7 Å². The van der Waals surface area contributed by atoms with E-state index in [1.165, 1.54) is 17.2 Å². The van der Waals surface area contributed by atoms with Crippen LogP contribution in [0.1, 0.15) is 16.9 Å². The minimum Gasteiger partial charge on any atom is -0.461 e. The number of rotatable bonds is 4. The highest BCUT2D eigenvalue weighted by Crippen LogP contribution is 2.30. The number of nitrogens with zero attached hydrogens (tertiary/aromatic N) is 3. The average molecular weight is 386 g/mol. The normalized spacial score (nSPS) is 16.7. The molecule has 1 atom stereocenters. The molecular weight excluding hydrogens is 370 g/mol. The van der Waals surface area contributed by atoms with Crippen molar-refractivity contribution in [2.24, 2.45) is 0 Å². The van der Waals surface area contributed by atoms with Gasteiger partial charge in [0.2, 0.25) is 11.7 Å². The second-order valence-electron chi connectivity index (χ2n) is 6.22. The summed E-state index contributed by atoms with van der Waals surface area (Å²) in [5.74, 6) is 0.267. The summed E-state index contributed by atoms with van der Waals surface area (Å²) in [5, 5.41) is 4.31. The zero-order valence-corrected chi connectivity index (χ0v) is 15.2. The Morgan fingerprint density at radius 3 is 2.81 bits per heavy atom. The molecule has 0 bridgehead atoms. The number of benzene rings is 1. The molecule has 0 radical (unpaired) electrons. The van der Waals surface area contributed by atoms with Crippen molar-refractivity contribution in [3.8, 4) is 11.5 Å². The number of halogens is 1. The molecule has 0 saturated carbocycles. The van der Waals surface area contributed by atoms with Gasteiger partial charge >= 0.3 is 0 Å². The van der Waals surface area contributed by atoms with E-state index in [-0.39, 0.29) is 11.6 Å². The molecule has 0 aliphatic carbocycles. The predicted octanol–water partition coefficient (Wildman–Crippen LogP) is 3.47. The molecule has 4 rings (SSSR count). The number of hydrogen-bond acceptors (Lipinski definition) is 5. The monoisotopic (exact) mass is 385 g/mol. The molecule has 8 heteroatoms. The van der Waals surface area contributed by atoms with E-state index in [1.807, 2.05) is 6.07 Å². The molecule has 2 aromatic heterocycles. The summed E-state index contributed by atoms with van der Waals surface area (Å²) < 4.78 is 10.4. The first-order chi connectivity index (χ1) is 13.1. The molecule has 1 saturated heterocycles. The van der Waals surface area contributed by atoms with E-state index in [1.54, 1.807) is 42.3 Å². The van der Waals surface area contributed by atoms with Crippen molar-refractivity contribution in [2.75, 3.05) is 18.5 Å². The van der Waals surface area contributed by atoms with Crippen LogP contribution in [0, 0.1) is 0 Å². The van der Waals surface area contributed by atoms with Crippen LogP contribution in [-0.2, 0) is 4.79 Å². The zero-order chi connectivity index (χ0) is 19.0. The van der Waals surface area contributed by atoms with E-state index >= 15 is 0 Å². The van der Waals surface area contributed by atoms with Crippen LogP contribution in [0.15, 0.2) is 57.7 Å². The highest BCUT2D eigenvalue weighted by atomic mass is 35.5. The summed E-state index contributed by atoms with van der Waals surface area (Å²) in [7, 11) is 1.59. The third-order valence-corrected chi connectivity index (χ3v) is 4.92. The van der Waals surface area contributed by atoms with Crippen LogP contribution in [0.3, 0.4) is 0 Å². The predicted molar refractivity (Wildman–Crippen MR) is 98.5 cm³/mol. The second-order valence-corrected chi connectivity index (χ2v) is 6.62. The fraction of sp³-hybridized carbons (Fsp3) is 0.211. The van der Waals surface area contributed by atoms with Gasteiger partial charge in [0.1, 0.15) is 6.04 Å². The van der Waals surface area contributed by atoms with E-state index in [4.69, 9.17) is 20.5 Å². The van der Waals surface area contributed by atoms with Crippen LogP contribution in [0.2, 0.25) is 5.02 Å². The summed E-state index contributed by atoms with van der Waals surface area (Å²) in [6, 6.07) is 11.5. The van der Waals surface area contributed by atoms with Crippen molar-refractivity contribution >= 4 is 29.1 Å². The topological polar surface area (TPSA) is 79.8 Å². The number of anilines is 1. The number of carbonyl (C=O) groups excluding carboxylic acids is 2. The number of para-hydroxylation sites is 1. The Hall–Kier alpha value is -3.06. The van der Waals surface area contributed by atoms with Crippen molar-refractivity contribution in [2.45, 2.75) is 12.5 Å². The maximum absolute atomic E-state index is 12.8. The minimum atomic E-state index is -0.586. The molecule has 1 aliphatic rings. The first-order valence-corrected chi connectivity index (χ1v) is 8.77. The molecule has 27 heavy (non-hydrogen) atoms. The summed E-state index contributed by atoms with van der Waals surface area (Å²) >= 11 is 6.20. The Kier molecular flexibility index (Phi) is 4.45. The highest BCUT2D eigenvalue weighted by molar-refractivity contribution is 6.34. The zero-order valence-electron chi connectivity index (χ0n) is 14.5.